The highest BCUT2D eigenvalue weighted by atomic mass is 16.3. The molecule has 0 spiro atoms. The Labute approximate surface area is 132 Å². The average Bonchev–Trinajstić information content (AvgIpc) is 2.79. The van der Waals surface area contributed by atoms with Crippen LogP contribution in [0.2, 0.25) is 0 Å². The van der Waals surface area contributed by atoms with E-state index in [9.17, 15) is 15.0 Å². The van der Waals surface area contributed by atoms with Gasteiger partial charge < -0.3 is 10.2 Å². The van der Waals surface area contributed by atoms with Gasteiger partial charge in [0.1, 0.15) is 0 Å². The van der Waals surface area contributed by atoms with E-state index in [1.54, 1.807) is 0 Å². The highest BCUT2D eigenvalue weighted by molar-refractivity contribution is 5.91. The Bertz CT molecular complexity index is 539. The van der Waals surface area contributed by atoms with Crippen LogP contribution in [-0.2, 0) is 4.79 Å². The highest BCUT2D eigenvalue weighted by Gasteiger charge is 2.61. The maximum atomic E-state index is 11.8. The minimum absolute atomic E-state index is 0.0570. The van der Waals surface area contributed by atoms with Crippen molar-refractivity contribution in [3.63, 3.8) is 0 Å². The molecule has 0 radical (unpaired) electrons. The predicted molar refractivity (Wildman–Crippen MR) is 84.1 cm³/mol. The van der Waals surface area contributed by atoms with Gasteiger partial charge in [0.2, 0.25) is 0 Å². The summed E-state index contributed by atoms with van der Waals surface area (Å²) in [7, 11) is 0. The molecule has 0 aromatic heterocycles. The van der Waals surface area contributed by atoms with Crippen molar-refractivity contribution in [1.29, 1.82) is 0 Å². The quantitative estimate of drug-likeness (QED) is 0.723. The number of hydrogen-bond acceptors (Lipinski definition) is 3. The molecule has 4 rings (SSSR count). The molecule has 0 bridgehead atoms. The first-order valence-electron chi connectivity index (χ1n) is 8.96. The molecule has 0 unspecified atom stereocenters. The van der Waals surface area contributed by atoms with Crippen LogP contribution in [0, 0.1) is 28.6 Å². The van der Waals surface area contributed by atoms with E-state index in [2.05, 4.69) is 13.8 Å². The Hall–Kier alpha value is -0.670. The fourth-order valence-corrected chi connectivity index (χ4v) is 6.53. The van der Waals surface area contributed by atoms with Crippen LogP contribution in [0.4, 0.5) is 0 Å². The number of aliphatic hydroxyl groups is 2. The van der Waals surface area contributed by atoms with E-state index in [1.807, 2.05) is 6.08 Å². The van der Waals surface area contributed by atoms with Gasteiger partial charge in [-0.1, -0.05) is 19.4 Å². The van der Waals surface area contributed by atoms with Gasteiger partial charge >= 0.3 is 0 Å². The van der Waals surface area contributed by atoms with E-state index >= 15 is 0 Å². The Morgan fingerprint density at radius 1 is 1.14 bits per heavy atom. The molecule has 2 N–H and O–H groups in total. The topological polar surface area (TPSA) is 57.5 Å². The Morgan fingerprint density at radius 2 is 1.91 bits per heavy atom. The van der Waals surface area contributed by atoms with Crippen LogP contribution >= 0.6 is 0 Å². The number of carbonyl (C=O) groups excluding carboxylic acids is 1. The standard InChI is InChI=1S/C19H28O3/c1-18-7-5-12(20)9-11(18)3-4-13-14(18)10-16(22)19(2)8-6-15(21)17(13)19/h9,13-17,21-22H,3-8,10H2,1-2H3/t13-,14+,15+,16-,17-,18+,19+/m1/s1. The van der Waals surface area contributed by atoms with E-state index in [0.717, 1.165) is 38.5 Å². The summed E-state index contributed by atoms with van der Waals surface area (Å²) in [6, 6.07) is 0. The zero-order chi connectivity index (χ0) is 15.7. The smallest absolute Gasteiger partial charge is 0.155 e. The molecule has 4 aliphatic rings. The summed E-state index contributed by atoms with van der Waals surface area (Å²) in [5, 5.41) is 21.4. The van der Waals surface area contributed by atoms with E-state index in [0.29, 0.717) is 18.3 Å². The minimum atomic E-state index is -0.315. The third-order valence-corrected chi connectivity index (χ3v) is 7.90. The van der Waals surface area contributed by atoms with E-state index in [1.165, 1.54) is 5.57 Å². The maximum absolute atomic E-state index is 11.8. The van der Waals surface area contributed by atoms with Crippen molar-refractivity contribution in [2.24, 2.45) is 28.6 Å². The predicted octanol–water partition coefficient (Wildman–Crippen LogP) is 2.85. The van der Waals surface area contributed by atoms with Crippen LogP contribution in [0.1, 0.15) is 58.8 Å². The molecule has 3 fully saturated rings. The van der Waals surface area contributed by atoms with E-state index in [4.69, 9.17) is 0 Å². The molecule has 3 heteroatoms. The van der Waals surface area contributed by atoms with Gasteiger partial charge in [-0.3, -0.25) is 4.79 Å². The molecule has 22 heavy (non-hydrogen) atoms. The average molecular weight is 304 g/mol. The highest BCUT2D eigenvalue weighted by Crippen LogP contribution is 2.65. The van der Waals surface area contributed by atoms with Gasteiger partial charge in [-0.2, -0.15) is 0 Å². The number of rotatable bonds is 0. The normalized spacial score (nSPS) is 54.3. The van der Waals surface area contributed by atoms with Crippen LogP contribution in [0.25, 0.3) is 0 Å². The SMILES string of the molecule is C[C@@]12CC[C@H](O)[C@H]1[C@@H]1CCC3=CC(=O)CC[C@]3(C)[C@H]1C[C@H]2O. The molecular weight excluding hydrogens is 276 g/mol. The molecule has 3 saturated carbocycles. The van der Waals surface area contributed by atoms with Crippen molar-refractivity contribution < 1.29 is 15.0 Å². The monoisotopic (exact) mass is 304 g/mol. The van der Waals surface area contributed by atoms with Gasteiger partial charge in [-0.25, -0.2) is 0 Å². The fourth-order valence-electron chi connectivity index (χ4n) is 6.53. The van der Waals surface area contributed by atoms with Crippen molar-refractivity contribution in [3.05, 3.63) is 11.6 Å². The van der Waals surface area contributed by atoms with Gasteiger partial charge in [-0.15, -0.1) is 0 Å². The lowest BCUT2D eigenvalue weighted by molar-refractivity contribution is -0.139. The summed E-state index contributed by atoms with van der Waals surface area (Å²) < 4.78 is 0. The van der Waals surface area contributed by atoms with Crippen molar-refractivity contribution >= 4 is 5.78 Å². The third kappa shape index (κ3) is 1.78. The first-order chi connectivity index (χ1) is 10.4. The van der Waals surface area contributed by atoms with Crippen LogP contribution in [0.15, 0.2) is 11.6 Å². The van der Waals surface area contributed by atoms with Crippen molar-refractivity contribution in [2.45, 2.75) is 71.0 Å². The first kappa shape index (κ1) is 14.9. The van der Waals surface area contributed by atoms with Gasteiger partial charge in [0, 0.05) is 6.42 Å². The Morgan fingerprint density at radius 3 is 2.68 bits per heavy atom. The van der Waals surface area contributed by atoms with E-state index in [-0.39, 0.29) is 34.7 Å². The largest absolute Gasteiger partial charge is 0.393 e. The van der Waals surface area contributed by atoms with Crippen LogP contribution in [0.5, 0.6) is 0 Å². The molecule has 0 saturated heterocycles. The number of ketones is 1. The second-order valence-corrected chi connectivity index (χ2v) is 8.75. The summed E-state index contributed by atoms with van der Waals surface area (Å²) in [5.41, 5.74) is 1.26. The van der Waals surface area contributed by atoms with Crippen LogP contribution < -0.4 is 0 Å². The van der Waals surface area contributed by atoms with Crippen molar-refractivity contribution in [1.82, 2.24) is 0 Å². The van der Waals surface area contributed by atoms with Gasteiger partial charge in [0.25, 0.3) is 0 Å². The Kier molecular flexibility index (Phi) is 3.16. The van der Waals surface area contributed by atoms with Crippen LogP contribution in [-0.4, -0.2) is 28.2 Å². The molecule has 0 amide bonds. The van der Waals surface area contributed by atoms with Gasteiger partial charge in [0.05, 0.1) is 12.2 Å². The minimum Gasteiger partial charge on any atom is -0.393 e. The zero-order valence-electron chi connectivity index (χ0n) is 13.7. The number of hydrogen-bond donors (Lipinski definition) is 2. The molecule has 122 valence electrons. The summed E-state index contributed by atoms with van der Waals surface area (Å²) in [6.07, 6.45) is 7.58. The van der Waals surface area contributed by atoms with Crippen molar-refractivity contribution in [2.75, 3.05) is 0 Å². The second-order valence-electron chi connectivity index (χ2n) is 8.75. The molecule has 4 aliphatic carbocycles. The summed E-state index contributed by atoms with van der Waals surface area (Å²) in [4.78, 5) is 11.8. The fraction of sp³-hybridized carbons (Fsp3) is 0.842. The number of carbonyl (C=O) groups is 1. The molecule has 0 heterocycles. The maximum Gasteiger partial charge on any atom is 0.155 e. The van der Waals surface area contributed by atoms with E-state index < -0.39 is 0 Å². The summed E-state index contributed by atoms with van der Waals surface area (Å²) in [5.74, 6) is 1.42. The first-order valence-corrected chi connectivity index (χ1v) is 8.96. The third-order valence-electron chi connectivity index (χ3n) is 7.90. The summed E-state index contributed by atoms with van der Waals surface area (Å²) >= 11 is 0. The van der Waals surface area contributed by atoms with Crippen LogP contribution in [0.3, 0.4) is 0 Å². The number of aliphatic hydroxyl groups excluding tert-OH is 2. The number of fused-ring (bicyclic) bond motifs is 5. The van der Waals surface area contributed by atoms with Gasteiger partial charge in [-0.05, 0) is 73.2 Å². The van der Waals surface area contributed by atoms with Gasteiger partial charge in [0.15, 0.2) is 5.78 Å². The Balaban J connectivity index is 1.74. The molecule has 3 nitrogen and oxygen atoms in total. The molecular formula is C19H28O3. The summed E-state index contributed by atoms with van der Waals surface area (Å²) in [6.45, 7) is 4.49. The molecule has 0 aliphatic heterocycles. The number of allylic oxidation sites excluding steroid dienone is 1. The molecule has 7 atom stereocenters. The molecule has 0 aromatic carbocycles. The zero-order valence-corrected chi connectivity index (χ0v) is 13.7. The second kappa shape index (κ2) is 4.67. The lowest BCUT2D eigenvalue weighted by atomic mass is 9.46. The van der Waals surface area contributed by atoms with Crippen molar-refractivity contribution in [3.8, 4) is 0 Å². The molecule has 0 aromatic rings. The lowest BCUT2D eigenvalue weighted by Crippen LogP contribution is -2.56. The lowest BCUT2D eigenvalue weighted by Gasteiger charge is -2.59.